The SMILES string of the molecule is [CH2]C1([N+](=O)[O-])C=CC=CC1[N+](=O)[O-]. The van der Waals surface area contributed by atoms with Gasteiger partial charge in [0.25, 0.3) is 0 Å². The molecule has 0 saturated carbocycles. The Balaban J connectivity index is 3.07. The summed E-state index contributed by atoms with van der Waals surface area (Å²) in [5.41, 5.74) is -1.88. The molecule has 6 heteroatoms. The normalized spacial score (nSPS) is 31.6. The third-order valence-electron chi connectivity index (χ3n) is 1.87. The molecule has 2 unspecified atom stereocenters. The van der Waals surface area contributed by atoms with Crippen LogP contribution in [0.3, 0.4) is 0 Å². The van der Waals surface area contributed by atoms with E-state index in [0.717, 1.165) is 12.2 Å². The van der Waals surface area contributed by atoms with Gasteiger partial charge in [-0.3, -0.25) is 20.2 Å². The lowest BCUT2D eigenvalue weighted by atomic mass is 9.89. The predicted octanol–water partition coefficient (Wildman–Crippen LogP) is 0.607. The summed E-state index contributed by atoms with van der Waals surface area (Å²) in [7, 11) is 0. The summed E-state index contributed by atoms with van der Waals surface area (Å²) >= 11 is 0. The fraction of sp³-hybridized carbons (Fsp3) is 0.286. The predicted molar refractivity (Wildman–Crippen MR) is 44.1 cm³/mol. The molecule has 0 heterocycles. The number of rotatable bonds is 2. The molecule has 0 N–H and O–H groups in total. The lowest BCUT2D eigenvalue weighted by molar-refractivity contribution is -0.623. The minimum Gasteiger partial charge on any atom is -0.264 e. The molecule has 1 radical (unpaired) electrons. The van der Waals surface area contributed by atoms with E-state index in [1.807, 2.05) is 0 Å². The van der Waals surface area contributed by atoms with Gasteiger partial charge < -0.3 is 0 Å². The van der Waals surface area contributed by atoms with E-state index in [1.54, 1.807) is 0 Å². The highest BCUT2D eigenvalue weighted by Crippen LogP contribution is 2.22. The number of hydrogen-bond acceptors (Lipinski definition) is 4. The zero-order chi connectivity index (χ0) is 10.1. The maximum absolute atomic E-state index is 10.5. The quantitative estimate of drug-likeness (QED) is 0.463. The molecule has 0 aromatic heterocycles. The van der Waals surface area contributed by atoms with Gasteiger partial charge in [-0.15, -0.1) is 0 Å². The summed E-state index contributed by atoms with van der Waals surface area (Å²) in [6, 6.07) is -1.40. The maximum atomic E-state index is 10.5. The van der Waals surface area contributed by atoms with Gasteiger partial charge in [0, 0.05) is 16.8 Å². The van der Waals surface area contributed by atoms with Crippen LogP contribution < -0.4 is 0 Å². The van der Waals surface area contributed by atoms with E-state index in [0.29, 0.717) is 0 Å². The van der Waals surface area contributed by atoms with Gasteiger partial charge in [0.15, 0.2) is 0 Å². The Kier molecular flexibility index (Phi) is 2.14. The Bertz CT molecular complexity index is 310. The van der Waals surface area contributed by atoms with Crippen LogP contribution in [0, 0.1) is 27.2 Å². The van der Waals surface area contributed by atoms with Crippen molar-refractivity contribution >= 4 is 0 Å². The van der Waals surface area contributed by atoms with Gasteiger partial charge in [0.05, 0.1) is 0 Å². The van der Waals surface area contributed by atoms with Crippen LogP contribution in [0.25, 0.3) is 0 Å². The van der Waals surface area contributed by atoms with Crippen molar-refractivity contribution in [2.75, 3.05) is 0 Å². The third kappa shape index (κ3) is 1.42. The van der Waals surface area contributed by atoms with Crippen molar-refractivity contribution < 1.29 is 9.85 Å². The molecule has 6 nitrogen and oxygen atoms in total. The number of allylic oxidation sites excluding steroid dienone is 2. The van der Waals surface area contributed by atoms with Crippen molar-refractivity contribution in [1.29, 1.82) is 0 Å². The number of hydrogen-bond donors (Lipinski definition) is 0. The Labute approximate surface area is 73.8 Å². The van der Waals surface area contributed by atoms with Gasteiger partial charge in [-0.2, -0.15) is 0 Å². The highest BCUT2D eigenvalue weighted by atomic mass is 16.6. The summed E-state index contributed by atoms with van der Waals surface area (Å²) in [4.78, 5) is 19.5. The van der Waals surface area contributed by atoms with Gasteiger partial charge >= 0.3 is 11.6 Å². The highest BCUT2D eigenvalue weighted by Gasteiger charge is 2.51. The third-order valence-corrected chi connectivity index (χ3v) is 1.87. The Morgan fingerprint density at radius 1 is 1.31 bits per heavy atom. The van der Waals surface area contributed by atoms with Crippen LogP contribution in [0.15, 0.2) is 24.3 Å². The average Bonchev–Trinajstić information content (AvgIpc) is 2.04. The molecular weight excluding hydrogens is 176 g/mol. The highest BCUT2D eigenvalue weighted by molar-refractivity contribution is 5.24. The lowest BCUT2D eigenvalue weighted by Crippen LogP contribution is -2.49. The maximum Gasteiger partial charge on any atom is 0.310 e. The van der Waals surface area contributed by atoms with E-state index in [1.165, 1.54) is 12.2 Å². The zero-order valence-corrected chi connectivity index (χ0v) is 6.62. The molecular formula is C7H7N2O4. The van der Waals surface area contributed by atoms with E-state index < -0.39 is 21.4 Å². The fourth-order valence-corrected chi connectivity index (χ4v) is 1.08. The number of nitrogens with zero attached hydrogens (tertiary/aromatic N) is 2. The topological polar surface area (TPSA) is 86.3 Å². The molecule has 0 aromatic carbocycles. The fourth-order valence-electron chi connectivity index (χ4n) is 1.08. The minimum absolute atomic E-state index is 0.712. The van der Waals surface area contributed by atoms with Gasteiger partial charge in [0.2, 0.25) is 0 Å². The molecule has 1 aliphatic rings. The van der Waals surface area contributed by atoms with Crippen LogP contribution in [-0.2, 0) is 0 Å². The van der Waals surface area contributed by atoms with Gasteiger partial charge in [-0.1, -0.05) is 12.2 Å². The molecule has 69 valence electrons. The van der Waals surface area contributed by atoms with Gasteiger partial charge in [0.1, 0.15) is 0 Å². The van der Waals surface area contributed by atoms with Crippen molar-refractivity contribution in [2.45, 2.75) is 11.6 Å². The Morgan fingerprint density at radius 3 is 2.31 bits per heavy atom. The van der Waals surface area contributed by atoms with Crippen LogP contribution >= 0.6 is 0 Å². The molecule has 13 heavy (non-hydrogen) atoms. The first-order valence-corrected chi connectivity index (χ1v) is 3.48. The van der Waals surface area contributed by atoms with E-state index >= 15 is 0 Å². The standard InChI is InChI=1S/C7H7N2O4/c1-7(9(12)13)5-3-2-4-6(7)8(10)11/h2-6H,1H2. The van der Waals surface area contributed by atoms with E-state index in [2.05, 4.69) is 6.92 Å². The van der Waals surface area contributed by atoms with Crippen molar-refractivity contribution in [1.82, 2.24) is 0 Å². The molecule has 0 bridgehead atoms. The van der Waals surface area contributed by atoms with Crippen molar-refractivity contribution in [2.24, 2.45) is 0 Å². The zero-order valence-electron chi connectivity index (χ0n) is 6.62. The second-order valence-corrected chi connectivity index (χ2v) is 2.72. The first kappa shape index (κ1) is 9.37. The largest absolute Gasteiger partial charge is 0.310 e. The van der Waals surface area contributed by atoms with Crippen LogP contribution in [0.2, 0.25) is 0 Å². The van der Waals surface area contributed by atoms with Crippen molar-refractivity contribution in [3.8, 4) is 0 Å². The molecule has 1 rings (SSSR count). The van der Waals surface area contributed by atoms with Gasteiger partial charge in [-0.25, -0.2) is 0 Å². The van der Waals surface area contributed by atoms with Crippen LogP contribution in [0.4, 0.5) is 0 Å². The monoisotopic (exact) mass is 183 g/mol. The molecule has 0 aliphatic heterocycles. The molecule has 0 saturated heterocycles. The summed E-state index contributed by atoms with van der Waals surface area (Å²) in [6.45, 7) is 3.25. The van der Waals surface area contributed by atoms with E-state index in [-0.39, 0.29) is 0 Å². The van der Waals surface area contributed by atoms with E-state index in [4.69, 9.17) is 0 Å². The molecule has 2 atom stereocenters. The molecule has 1 aliphatic carbocycles. The summed E-state index contributed by atoms with van der Waals surface area (Å²) < 4.78 is 0. The summed E-state index contributed by atoms with van der Waals surface area (Å²) in [5.74, 6) is 0. The first-order chi connectivity index (χ1) is 5.98. The summed E-state index contributed by atoms with van der Waals surface area (Å²) in [5, 5.41) is 21.0. The number of nitro groups is 2. The van der Waals surface area contributed by atoms with Crippen molar-refractivity contribution in [3.63, 3.8) is 0 Å². The Morgan fingerprint density at radius 2 is 1.92 bits per heavy atom. The second kappa shape index (κ2) is 2.96. The Hall–Kier alpha value is -1.72. The van der Waals surface area contributed by atoms with E-state index in [9.17, 15) is 20.2 Å². The molecule has 0 amide bonds. The smallest absolute Gasteiger partial charge is 0.264 e. The first-order valence-electron chi connectivity index (χ1n) is 3.48. The average molecular weight is 183 g/mol. The van der Waals surface area contributed by atoms with Gasteiger partial charge in [-0.05, 0) is 12.2 Å². The minimum atomic E-state index is -1.88. The summed E-state index contributed by atoms with van der Waals surface area (Å²) in [6.07, 6.45) is 5.08. The van der Waals surface area contributed by atoms with Crippen molar-refractivity contribution in [3.05, 3.63) is 51.5 Å². The van der Waals surface area contributed by atoms with Crippen LogP contribution in [0.1, 0.15) is 0 Å². The van der Waals surface area contributed by atoms with Crippen LogP contribution in [-0.4, -0.2) is 21.4 Å². The second-order valence-electron chi connectivity index (χ2n) is 2.72. The lowest BCUT2D eigenvalue weighted by Gasteiger charge is -2.19. The molecule has 0 fully saturated rings. The molecule has 0 spiro atoms. The van der Waals surface area contributed by atoms with Crippen LogP contribution in [0.5, 0.6) is 0 Å². The molecule has 0 aromatic rings.